The molecule has 0 radical (unpaired) electrons. The maximum Gasteiger partial charge on any atom is 0.238 e. The molecule has 138 valence electrons. The van der Waals surface area contributed by atoms with Gasteiger partial charge in [0.05, 0.1) is 11.4 Å². The first-order valence-corrected chi connectivity index (χ1v) is 10.1. The van der Waals surface area contributed by atoms with Gasteiger partial charge in [-0.05, 0) is 48.2 Å². The molecular weight excluding hydrogens is 350 g/mol. The van der Waals surface area contributed by atoms with Gasteiger partial charge in [-0.15, -0.1) is 0 Å². The molecule has 2 aromatic carbocycles. The average Bonchev–Trinajstić information content (AvgIpc) is 2.64. The molecule has 3 N–H and O–H groups in total. The van der Waals surface area contributed by atoms with Crippen LogP contribution in [0.25, 0.3) is 0 Å². The van der Waals surface area contributed by atoms with Crippen LogP contribution in [-0.4, -0.2) is 38.9 Å². The Kier molecular flexibility index (Phi) is 5.70. The summed E-state index contributed by atoms with van der Waals surface area (Å²) < 4.78 is 22.5. The molecule has 0 unspecified atom stereocenters. The van der Waals surface area contributed by atoms with Crippen LogP contribution in [0, 0.1) is 0 Å². The molecule has 6 nitrogen and oxygen atoms in total. The van der Waals surface area contributed by atoms with Crippen LogP contribution in [0.4, 0.5) is 0 Å². The molecule has 0 saturated heterocycles. The molecule has 0 spiro atoms. The van der Waals surface area contributed by atoms with E-state index in [9.17, 15) is 13.2 Å². The molecule has 0 saturated carbocycles. The highest BCUT2D eigenvalue weighted by Gasteiger charge is 2.19. The van der Waals surface area contributed by atoms with Crippen molar-refractivity contribution in [1.29, 1.82) is 0 Å². The Morgan fingerprint density at radius 1 is 1.08 bits per heavy atom. The number of benzene rings is 2. The first-order valence-electron chi connectivity index (χ1n) is 8.60. The number of primary sulfonamides is 1. The lowest BCUT2D eigenvalue weighted by molar-refractivity contribution is -0.131. The van der Waals surface area contributed by atoms with Crippen LogP contribution in [0.1, 0.15) is 16.7 Å². The lowest BCUT2D eigenvalue weighted by atomic mass is 10.00. The van der Waals surface area contributed by atoms with Gasteiger partial charge in [0.1, 0.15) is 0 Å². The van der Waals surface area contributed by atoms with Gasteiger partial charge in [-0.3, -0.25) is 4.79 Å². The van der Waals surface area contributed by atoms with Crippen molar-refractivity contribution in [2.75, 3.05) is 19.6 Å². The van der Waals surface area contributed by atoms with E-state index in [1.165, 1.54) is 23.3 Å². The topological polar surface area (TPSA) is 92.5 Å². The zero-order chi connectivity index (χ0) is 18.6. The molecule has 0 aliphatic carbocycles. The fourth-order valence-electron chi connectivity index (χ4n) is 3.09. The van der Waals surface area contributed by atoms with E-state index in [0.717, 1.165) is 18.5 Å². The van der Waals surface area contributed by atoms with E-state index in [2.05, 4.69) is 17.4 Å². The zero-order valence-corrected chi connectivity index (χ0v) is 15.3. The Balaban J connectivity index is 1.43. The van der Waals surface area contributed by atoms with Gasteiger partial charge in [-0.1, -0.05) is 36.4 Å². The van der Waals surface area contributed by atoms with E-state index < -0.39 is 10.0 Å². The van der Waals surface area contributed by atoms with Crippen molar-refractivity contribution in [3.63, 3.8) is 0 Å². The number of rotatable bonds is 6. The van der Waals surface area contributed by atoms with Crippen molar-refractivity contribution in [3.05, 3.63) is 65.2 Å². The molecule has 3 rings (SSSR count). The number of amides is 1. The van der Waals surface area contributed by atoms with Gasteiger partial charge in [0.25, 0.3) is 0 Å². The highest BCUT2D eigenvalue weighted by atomic mass is 32.2. The Morgan fingerprint density at radius 3 is 2.46 bits per heavy atom. The third kappa shape index (κ3) is 4.69. The standard InChI is InChI=1S/C19H23N3O3S/c20-26(24,25)18-7-5-15(6-8-18)9-11-21-13-19(23)22-12-10-16-3-1-2-4-17(16)14-22/h1-8,21H,9-14H2,(H2,20,24,25). The molecule has 26 heavy (non-hydrogen) atoms. The molecule has 7 heteroatoms. The Morgan fingerprint density at radius 2 is 1.77 bits per heavy atom. The van der Waals surface area contributed by atoms with Crippen LogP contribution in [0.3, 0.4) is 0 Å². The second-order valence-electron chi connectivity index (χ2n) is 6.45. The third-order valence-corrected chi connectivity index (χ3v) is 5.53. The van der Waals surface area contributed by atoms with Crippen molar-refractivity contribution in [2.45, 2.75) is 24.3 Å². The number of fused-ring (bicyclic) bond motifs is 1. The fraction of sp³-hybridized carbons (Fsp3) is 0.316. The molecule has 1 amide bonds. The molecule has 0 bridgehead atoms. The summed E-state index contributed by atoms with van der Waals surface area (Å²) in [7, 11) is -3.66. The number of hydrogen-bond donors (Lipinski definition) is 2. The molecule has 1 aliphatic heterocycles. The summed E-state index contributed by atoms with van der Waals surface area (Å²) in [6.07, 6.45) is 1.61. The van der Waals surface area contributed by atoms with Crippen molar-refractivity contribution >= 4 is 15.9 Å². The summed E-state index contributed by atoms with van der Waals surface area (Å²) in [5, 5.41) is 8.25. The largest absolute Gasteiger partial charge is 0.337 e. The van der Waals surface area contributed by atoms with E-state index in [4.69, 9.17) is 5.14 Å². The van der Waals surface area contributed by atoms with Crippen LogP contribution in [0.15, 0.2) is 53.4 Å². The summed E-state index contributed by atoms with van der Waals surface area (Å²) in [5.41, 5.74) is 3.54. The Bertz CT molecular complexity index is 879. The number of sulfonamides is 1. The SMILES string of the molecule is NS(=O)(=O)c1ccc(CCNCC(=O)N2CCc3ccccc3C2)cc1. The summed E-state index contributed by atoms with van der Waals surface area (Å²) in [6.45, 7) is 2.38. The van der Waals surface area contributed by atoms with Crippen molar-refractivity contribution in [1.82, 2.24) is 10.2 Å². The zero-order valence-electron chi connectivity index (χ0n) is 14.5. The maximum atomic E-state index is 12.4. The molecule has 2 aromatic rings. The number of hydrogen-bond acceptors (Lipinski definition) is 4. The highest BCUT2D eigenvalue weighted by molar-refractivity contribution is 7.89. The molecule has 0 fully saturated rings. The van der Waals surface area contributed by atoms with Gasteiger partial charge < -0.3 is 10.2 Å². The average molecular weight is 373 g/mol. The number of nitrogens with two attached hydrogens (primary N) is 1. The molecule has 1 heterocycles. The normalized spacial score (nSPS) is 14.1. The van der Waals surface area contributed by atoms with Crippen LogP contribution in [0.2, 0.25) is 0 Å². The number of carbonyl (C=O) groups is 1. The fourth-order valence-corrected chi connectivity index (χ4v) is 3.61. The molecular formula is C19H23N3O3S. The molecule has 1 aliphatic rings. The highest BCUT2D eigenvalue weighted by Crippen LogP contribution is 2.18. The van der Waals surface area contributed by atoms with Crippen LogP contribution in [0.5, 0.6) is 0 Å². The second-order valence-corrected chi connectivity index (χ2v) is 8.01. The molecule has 0 aromatic heterocycles. The molecule has 0 atom stereocenters. The van der Waals surface area contributed by atoms with Crippen LogP contribution >= 0.6 is 0 Å². The number of nitrogens with zero attached hydrogens (tertiary/aromatic N) is 1. The van der Waals surface area contributed by atoms with Gasteiger partial charge in [0.2, 0.25) is 15.9 Å². The predicted octanol–water partition coefficient (Wildman–Crippen LogP) is 1.05. The Hall–Kier alpha value is -2.22. The lowest BCUT2D eigenvalue weighted by Crippen LogP contribution is -2.41. The van der Waals surface area contributed by atoms with Crippen molar-refractivity contribution in [3.8, 4) is 0 Å². The van der Waals surface area contributed by atoms with Crippen molar-refractivity contribution < 1.29 is 13.2 Å². The second kappa shape index (κ2) is 7.99. The van der Waals surface area contributed by atoms with E-state index in [0.29, 0.717) is 26.1 Å². The van der Waals surface area contributed by atoms with Crippen LogP contribution < -0.4 is 10.5 Å². The maximum absolute atomic E-state index is 12.4. The monoisotopic (exact) mass is 373 g/mol. The van der Waals surface area contributed by atoms with Crippen LogP contribution in [-0.2, 0) is 34.2 Å². The van der Waals surface area contributed by atoms with Gasteiger partial charge in [-0.25, -0.2) is 13.6 Å². The minimum Gasteiger partial charge on any atom is -0.337 e. The van der Waals surface area contributed by atoms with E-state index >= 15 is 0 Å². The summed E-state index contributed by atoms with van der Waals surface area (Å²) in [5.74, 6) is 0.101. The van der Waals surface area contributed by atoms with Gasteiger partial charge in [0.15, 0.2) is 0 Å². The van der Waals surface area contributed by atoms with E-state index in [1.807, 2.05) is 17.0 Å². The minimum atomic E-state index is -3.66. The smallest absolute Gasteiger partial charge is 0.238 e. The predicted molar refractivity (Wildman–Crippen MR) is 100.0 cm³/mol. The number of nitrogens with one attached hydrogen (secondary N) is 1. The van der Waals surface area contributed by atoms with Gasteiger partial charge in [-0.2, -0.15) is 0 Å². The van der Waals surface area contributed by atoms with Crippen molar-refractivity contribution in [2.24, 2.45) is 5.14 Å². The summed E-state index contributed by atoms with van der Waals surface area (Å²) in [6, 6.07) is 14.7. The quantitative estimate of drug-likeness (QED) is 0.741. The van der Waals surface area contributed by atoms with Gasteiger partial charge in [0, 0.05) is 13.1 Å². The van der Waals surface area contributed by atoms with E-state index in [1.54, 1.807) is 12.1 Å². The number of carbonyl (C=O) groups excluding carboxylic acids is 1. The van der Waals surface area contributed by atoms with E-state index in [-0.39, 0.29) is 10.8 Å². The Labute approximate surface area is 154 Å². The summed E-state index contributed by atoms with van der Waals surface area (Å²) in [4.78, 5) is 14.3. The third-order valence-electron chi connectivity index (χ3n) is 4.60. The summed E-state index contributed by atoms with van der Waals surface area (Å²) >= 11 is 0. The minimum absolute atomic E-state index is 0.101. The van der Waals surface area contributed by atoms with Gasteiger partial charge >= 0.3 is 0 Å². The first kappa shape index (κ1) is 18.6. The lowest BCUT2D eigenvalue weighted by Gasteiger charge is -2.29. The first-order chi connectivity index (χ1) is 12.4.